The average Bonchev–Trinajstić information content (AvgIpc) is 2.35. The zero-order valence-corrected chi connectivity index (χ0v) is 11.2. The quantitative estimate of drug-likeness (QED) is 0.592. The summed E-state index contributed by atoms with van der Waals surface area (Å²) in [6.45, 7) is 1.50. The molecule has 1 amide bonds. The van der Waals surface area contributed by atoms with Gasteiger partial charge in [-0.3, -0.25) is 4.79 Å². The third kappa shape index (κ3) is 3.92. The number of nitrogen functional groups attached to an aromatic ring is 1. The number of amides is 1. The lowest BCUT2D eigenvalue weighted by atomic mass is 10.1. The van der Waals surface area contributed by atoms with Crippen molar-refractivity contribution in [3.8, 4) is 0 Å². The van der Waals surface area contributed by atoms with E-state index < -0.39 is 0 Å². The highest BCUT2D eigenvalue weighted by molar-refractivity contribution is 5.95. The van der Waals surface area contributed by atoms with E-state index in [4.69, 9.17) is 10.5 Å². The number of carbonyl (C=O) groups excluding carboxylic acids is 1. The molecule has 0 fully saturated rings. The zero-order valence-electron chi connectivity index (χ0n) is 11.2. The lowest BCUT2D eigenvalue weighted by molar-refractivity contribution is 0.0827. The number of hydrogen-bond donors (Lipinski definition) is 2. The molecule has 0 aliphatic rings. The van der Waals surface area contributed by atoms with Crippen molar-refractivity contribution in [3.63, 3.8) is 0 Å². The number of hydrogen-bond acceptors (Lipinski definition) is 4. The van der Waals surface area contributed by atoms with Gasteiger partial charge >= 0.3 is 0 Å². The molecule has 5 nitrogen and oxygen atoms in total. The molecule has 0 unspecified atom stereocenters. The van der Waals surface area contributed by atoms with Crippen molar-refractivity contribution in [1.29, 1.82) is 0 Å². The summed E-state index contributed by atoms with van der Waals surface area (Å²) in [5.74, 6) is -0.0485. The Morgan fingerprint density at radius 2 is 2.17 bits per heavy atom. The molecule has 0 saturated heterocycles. The number of rotatable bonds is 6. The van der Waals surface area contributed by atoms with E-state index >= 15 is 0 Å². The highest BCUT2D eigenvalue weighted by Crippen LogP contribution is 2.20. The number of methoxy groups -OCH3 is 1. The fraction of sp³-hybridized carbons (Fsp3) is 0.462. The summed E-state index contributed by atoms with van der Waals surface area (Å²) in [5, 5.41) is 3.21. The molecule has 0 saturated carbocycles. The van der Waals surface area contributed by atoms with Gasteiger partial charge < -0.3 is 20.7 Å². The smallest absolute Gasteiger partial charge is 0.253 e. The van der Waals surface area contributed by atoms with E-state index in [0.29, 0.717) is 17.9 Å². The van der Waals surface area contributed by atoms with Crippen LogP contribution < -0.4 is 11.1 Å². The van der Waals surface area contributed by atoms with Gasteiger partial charge in [0.15, 0.2) is 0 Å². The Balaban J connectivity index is 2.65. The molecule has 1 rings (SSSR count). The molecule has 1 aromatic rings. The van der Waals surface area contributed by atoms with E-state index in [1.54, 1.807) is 33.3 Å². The number of ether oxygens (including phenoxy) is 1. The molecule has 0 atom stereocenters. The number of nitrogens with two attached hydrogens (primary N) is 1. The summed E-state index contributed by atoms with van der Waals surface area (Å²) in [6.07, 6.45) is 0.911. The van der Waals surface area contributed by atoms with Gasteiger partial charge in [-0.2, -0.15) is 0 Å². The summed E-state index contributed by atoms with van der Waals surface area (Å²) >= 11 is 0. The zero-order chi connectivity index (χ0) is 13.5. The number of nitrogens with one attached hydrogen (secondary N) is 1. The summed E-state index contributed by atoms with van der Waals surface area (Å²) in [5.41, 5.74) is 7.94. The Bertz CT molecular complexity index is 405. The van der Waals surface area contributed by atoms with Crippen molar-refractivity contribution >= 4 is 17.3 Å². The molecule has 0 aliphatic heterocycles. The van der Waals surface area contributed by atoms with Crippen molar-refractivity contribution in [2.24, 2.45) is 0 Å². The van der Waals surface area contributed by atoms with Gasteiger partial charge in [0.1, 0.15) is 0 Å². The number of benzene rings is 1. The maximum absolute atomic E-state index is 11.7. The maximum Gasteiger partial charge on any atom is 0.253 e. The second kappa shape index (κ2) is 6.86. The predicted molar refractivity (Wildman–Crippen MR) is 73.9 cm³/mol. The summed E-state index contributed by atoms with van der Waals surface area (Å²) in [4.78, 5) is 13.3. The molecule has 18 heavy (non-hydrogen) atoms. The van der Waals surface area contributed by atoms with E-state index in [-0.39, 0.29) is 5.91 Å². The third-order valence-corrected chi connectivity index (χ3v) is 2.55. The number of nitrogens with zero attached hydrogens (tertiary/aromatic N) is 1. The van der Waals surface area contributed by atoms with E-state index in [1.807, 2.05) is 6.07 Å². The Labute approximate surface area is 108 Å². The normalized spacial score (nSPS) is 10.2. The second-order valence-electron chi connectivity index (χ2n) is 4.27. The van der Waals surface area contributed by atoms with E-state index in [9.17, 15) is 4.79 Å². The average molecular weight is 251 g/mol. The first-order valence-corrected chi connectivity index (χ1v) is 5.90. The SMILES string of the molecule is COCCCNc1ccc(C(=O)N(C)C)cc1N. The van der Waals surface area contributed by atoms with Crippen molar-refractivity contribution in [1.82, 2.24) is 4.90 Å². The van der Waals surface area contributed by atoms with Crippen LogP contribution in [0.15, 0.2) is 18.2 Å². The van der Waals surface area contributed by atoms with E-state index in [1.165, 1.54) is 4.90 Å². The summed E-state index contributed by atoms with van der Waals surface area (Å²) in [7, 11) is 5.11. The largest absolute Gasteiger partial charge is 0.397 e. The minimum Gasteiger partial charge on any atom is -0.397 e. The fourth-order valence-electron chi connectivity index (χ4n) is 1.55. The van der Waals surface area contributed by atoms with Crippen LogP contribution in [0, 0.1) is 0 Å². The van der Waals surface area contributed by atoms with Gasteiger partial charge in [0.25, 0.3) is 5.91 Å². The van der Waals surface area contributed by atoms with Crippen LogP contribution in [-0.4, -0.2) is 45.2 Å². The van der Waals surface area contributed by atoms with Gasteiger partial charge in [-0.25, -0.2) is 0 Å². The van der Waals surface area contributed by atoms with Gasteiger partial charge in [-0.05, 0) is 24.6 Å². The van der Waals surface area contributed by atoms with Crippen molar-refractivity contribution in [2.75, 3.05) is 45.4 Å². The van der Waals surface area contributed by atoms with Gasteiger partial charge in [0.05, 0.1) is 11.4 Å². The monoisotopic (exact) mass is 251 g/mol. The lowest BCUT2D eigenvalue weighted by Crippen LogP contribution is -2.21. The minimum absolute atomic E-state index is 0.0485. The van der Waals surface area contributed by atoms with Crippen LogP contribution in [-0.2, 0) is 4.74 Å². The molecular weight excluding hydrogens is 230 g/mol. The molecule has 1 aromatic carbocycles. The van der Waals surface area contributed by atoms with Crippen molar-refractivity contribution < 1.29 is 9.53 Å². The lowest BCUT2D eigenvalue weighted by Gasteiger charge is -2.13. The van der Waals surface area contributed by atoms with Crippen molar-refractivity contribution in [2.45, 2.75) is 6.42 Å². The summed E-state index contributed by atoms with van der Waals surface area (Å²) < 4.78 is 4.97. The second-order valence-corrected chi connectivity index (χ2v) is 4.27. The van der Waals surface area contributed by atoms with Gasteiger partial charge in [0.2, 0.25) is 0 Å². The third-order valence-electron chi connectivity index (χ3n) is 2.55. The first kappa shape index (κ1) is 14.3. The van der Waals surface area contributed by atoms with Crippen LogP contribution in [0.5, 0.6) is 0 Å². The standard InChI is InChI=1S/C13H21N3O2/c1-16(2)13(17)10-5-6-12(11(14)9-10)15-7-4-8-18-3/h5-6,9,15H,4,7-8,14H2,1-3H3. The topological polar surface area (TPSA) is 67.6 Å². The molecule has 0 aliphatic carbocycles. The maximum atomic E-state index is 11.7. The molecule has 0 bridgehead atoms. The van der Waals surface area contributed by atoms with Crippen LogP contribution in [0.1, 0.15) is 16.8 Å². The predicted octanol–water partition coefficient (Wildman–Crippen LogP) is 1.42. The Hall–Kier alpha value is -1.75. The van der Waals surface area contributed by atoms with Crippen LogP contribution in [0.3, 0.4) is 0 Å². The Morgan fingerprint density at radius 3 is 2.72 bits per heavy atom. The molecular formula is C13H21N3O2. The molecule has 3 N–H and O–H groups in total. The van der Waals surface area contributed by atoms with E-state index in [0.717, 1.165) is 18.7 Å². The molecule has 0 heterocycles. The van der Waals surface area contributed by atoms with Gasteiger partial charge in [0, 0.05) is 39.9 Å². The van der Waals surface area contributed by atoms with Gasteiger partial charge in [-0.1, -0.05) is 0 Å². The Morgan fingerprint density at radius 1 is 1.44 bits per heavy atom. The Kier molecular flexibility index (Phi) is 5.45. The van der Waals surface area contributed by atoms with Gasteiger partial charge in [-0.15, -0.1) is 0 Å². The van der Waals surface area contributed by atoms with Crippen LogP contribution in [0.4, 0.5) is 11.4 Å². The molecule has 0 radical (unpaired) electrons. The fourth-order valence-corrected chi connectivity index (χ4v) is 1.55. The van der Waals surface area contributed by atoms with Crippen LogP contribution in [0.25, 0.3) is 0 Å². The highest BCUT2D eigenvalue weighted by atomic mass is 16.5. The first-order chi connectivity index (χ1) is 8.56. The van der Waals surface area contributed by atoms with Crippen molar-refractivity contribution in [3.05, 3.63) is 23.8 Å². The van der Waals surface area contributed by atoms with Crippen LogP contribution >= 0.6 is 0 Å². The molecule has 100 valence electrons. The molecule has 0 aromatic heterocycles. The van der Waals surface area contributed by atoms with Crippen LogP contribution in [0.2, 0.25) is 0 Å². The van der Waals surface area contributed by atoms with E-state index in [2.05, 4.69) is 5.32 Å². The first-order valence-electron chi connectivity index (χ1n) is 5.90. The summed E-state index contributed by atoms with van der Waals surface area (Å²) in [6, 6.07) is 5.30. The minimum atomic E-state index is -0.0485. The molecule has 5 heteroatoms. The number of carbonyl (C=O) groups is 1. The number of anilines is 2. The highest BCUT2D eigenvalue weighted by Gasteiger charge is 2.09. The molecule has 0 spiro atoms.